The Labute approximate surface area is 111 Å². The molecule has 1 aromatic rings. The summed E-state index contributed by atoms with van der Waals surface area (Å²) in [7, 11) is 0. The predicted octanol–water partition coefficient (Wildman–Crippen LogP) is 0.984. The van der Waals surface area contributed by atoms with Crippen LogP contribution in [0.2, 0.25) is 0 Å². The summed E-state index contributed by atoms with van der Waals surface area (Å²) in [6.45, 7) is 1.64. The number of hydrogen-bond donors (Lipinski definition) is 3. The number of piperidine rings is 1. The van der Waals surface area contributed by atoms with Crippen LogP contribution in [-0.2, 0) is 0 Å². The van der Waals surface area contributed by atoms with Crippen LogP contribution in [0.15, 0.2) is 18.3 Å². The number of nitrogens with zero attached hydrogens (tertiary/aromatic N) is 2. The molecule has 19 heavy (non-hydrogen) atoms. The minimum Gasteiger partial charge on any atom is -0.396 e. The minimum absolute atomic E-state index is 0.101. The summed E-state index contributed by atoms with van der Waals surface area (Å²) in [6.07, 6.45) is 3.82. The highest BCUT2D eigenvalue weighted by Gasteiger charge is 2.21. The number of likely N-dealkylation sites (tertiary alicyclic amines) is 1. The van der Waals surface area contributed by atoms with Crippen LogP contribution < -0.4 is 5.49 Å². The Morgan fingerprint density at radius 1 is 1.37 bits per heavy atom. The highest BCUT2D eigenvalue weighted by molar-refractivity contribution is 5.79. The van der Waals surface area contributed by atoms with Crippen molar-refractivity contribution in [1.29, 1.82) is 10.8 Å². The van der Waals surface area contributed by atoms with E-state index in [1.807, 2.05) is 4.90 Å². The first-order valence-electron chi connectivity index (χ1n) is 6.49. The number of pyridine rings is 1. The molecule has 0 aromatic carbocycles. The fourth-order valence-corrected chi connectivity index (χ4v) is 2.42. The van der Waals surface area contributed by atoms with Gasteiger partial charge in [0.05, 0.1) is 0 Å². The maximum Gasteiger partial charge on any atom is 0.203 e. The zero-order valence-corrected chi connectivity index (χ0v) is 10.8. The van der Waals surface area contributed by atoms with Crippen molar-refractivity contribution in [1.82, 2.24) is 9.47 Å². The Morgan fingerprint density at radius 2 is 2.05 bits per heavy atom. The molecule has 2 rings (SSSR count). The second-order valence-electron chi connectivity index (χ2n) is 4.87. The van der Waals surface area contributed by atoms with Gasteiger partial charge in [0.15, 0.2) is 0 Å². The smallest absolute Gasteiger partial charge is 0.203 e. The van der Waals surface area contributed by atoms with Gasteiger partial charge in [0.1, 0.15) is 11.3 Å². The van der Waals surface area contributed by atoms with Crippen molar-refractivity contribution in [2.24, 2.45) is 5.92 Å². The largest absolute Gasteiger partial charge is 0.396 e. The summed E-state index contributed by atoms with van der Waals surface area (Å²) in [5, 5.41) is 24.7. The highest BCUT2D eigenvalue weighted by atomic mass is 19.1. The molecule has 2 heterocycles. The van der Waals surface area contributed by atoms with Crippen LogP contribution in [-0.4, -0.2) is 40.2 Å². The number of aromatic nitrogens is 1. The molecule has 1 fully saturated rings. The number of halogens is 1. The second-order valence-corrected chi connectivity index (χ2v) is 4.87. The molecule has 1 saturated heterocycles. The predicted molar refractivity (Wildman–Crippen MR) is 69.4 cm³/mol. The standard InChI is InChI=1S/C13H19FN4O/c14-11-1-2-12(15)18(9-11)13(16)17-6-3-10(4-7-17)5-8-19/h1-2,9-10,15-16,19H,3-8H2. The van der Waals surface area contributed by atoms with Crippen LogP contribution >= 0.6 is 0 Å². The van der Waals surface area contributed by atoms with Crippen molar-refractivity contribution in [3.8, 4) is 0 Å². The summed E-state index contributed by atoms with van der Waals surface area (Å²) in [5.74, 6) is 0.199. The molecule has 0 amide bonds. The zero-order valence-electron chi connectivity index (χ0n) is 10.8. The lowest BCUT2D eigenvalue weighted by atomic mass is 9.94. The van der Waals surface area contributed by atoms with E-state index in [0.29, 0.717) is 19.0 Å². The van der Waals surface area contributed by atoms with E-state index in [9.17, 15) is 4.39 Å². The number of nitrogens with one attached hydrogen (secondary N) is 2. The van der Waals surface area contributed by atoms with E-state index in [0.717, 1.165) is 19.3 Å². The van der Waals surface area contributed by atoms with Gasteiger partial charge in [-0.1, -0.05) is 0 Å². The highest BCUT2D eigenvalue weighted by Crippen LogP contribution is 2.20. The Bertz CT molecular complexity index is 506. The van der Waals surface area contributed by atoms with Gasteiger partial charge in [0, 0.05) is 25.9 Å². The molecule has 0 unspecified atom stereocenters. The molecular weight excluding hydrogens is 247 g/mol. The number of aliphatic hydroxyl groups excluding tert-OH is 1. The van der Waals surface area contributed by atoms with Gasteiger partial charge in [-0.25, -0.2) is 4.39 Å². The molecule has 0 radical (unpaired) electrons. The summed E-state index contributed by atoms with van der Waals surface area (Å²) >= 11 is 0. The fraction of sp³-hybridized carbons (Fsp3) is 0.538. The normalized spacial score (nSPS) is 16.6. The Morgan fingerprint density at radius 3 is 2.68 bits per heavy atom. The lowest BCUT2D eigenvalue weighted by molar-refractivity contribution is 0.201. The summed E-state index contributed by atoms with van der Waals surface area (Å²) < 4.78 is 14.4. The van der Waals surface area contributed by atoms with E-state index < -0.39 is 5.82 Å². The van der Waals surface area contributed by atoms with Crippen molar-refractivity contribution < 1.29 is 9.50 Å². The van der Waals surface area contributed by atoms with Gasteiger partial charge in [-0.2, -0.15) is 0 Å². The van der Waals surface area contributed by atoms with E-state index >= 15 is 0 Å². The molecule has 1 aliphatic heterocycles. The Balaban J connectivity index is 2.05. The van der Waals surface area contributed by atoms with Gasteiger partial charge in [0.2, 0.25) is 5.96 Å². The third-order valence-corrected chi connectivity index (χ3v) is 3.59. The van der Waals surface area contributed by atoms with Crippen molar-refractivity contribution in [3.63, 3.8) is 0 Å². The molecule has 0 spiro atoms. The first-order chi connectivity index (χ1) is 9.11. The van der Waals surface area contributed by atoms with E-state index in [-0.39, 0.29) is 18.1 Å². The van der Waals surface area contributed by atoms with Gasteiger partial charge in [-0.05, 0) is 37.3 Å². The average molecular weight is 266 g/mol. The third-order valence-electron chi connectivity index (χ3n) is 3.59. The lowest BCUT2D eigenvalue weighted by Crippen LogP contribution is -2.44. The van der Waals surface area contributed by atoms with Crippen molar-refractivity contribution in [2.75, 3.05) is 19.7 Å². The molecule has 0 atom stereocenters. The van der Waals surface area contributed by atoms with Crippen LogP contribution in [0.5, 0.6) is 0 Å². The molecule has 1 aliphatic rings. The van der Waals surface area contributed by atoms with Gasteiger partial charge in [-0.3, -0.25) is 15.4 Å². The number of hydrogen-bond acceptors (Lipinski definition) is 3. The van der Waals surface area contributed by atoms with E-state index in [4.69, 9.17) is 15.9 Å². The minimum atomic E-state index is -0.448. The van der Waals surface area contributed by atoms with Crippen LogP contribution in [0.1, 0.15) is 19.3 Å². The zero-order chi connectivity index (χ0) is 13.8. The van der Waals surface area contributed by atoms with E-state index in [1.165, 1.54) is 22.9 Å². The topological polar surface area (TPSA) is 76.1 Å². The number of aliphatic hydroxyl groups is 1. The SMILES string of the molecule is N=C(N1CCC(CCO)CC1)n1cc(F)ccc1=N. The van der Waals surface area contributed by atoms with E-state index in [2.05, 4.69) is 0 Å². The molecule has 0 bridgehead atoms. The Kier molecular flexibility index (Phi) is 4.31. The summed E-state index contributed by atoms with van der Waals surface area (Å²) in [5.41, 5.74) is 0.101. The molecule has 0 saturated carbocycles. The molecule has 104 valence electrons. The molecule has 3 N–H and O–H groups in total. The van der Waals surface area contributed by atoms with Gasteiger partial charge >= 0.3 is 0 Å². The monoisotopic (exact) mass is 266 g/mol. The molecule has 1 aromatic heterocycles. The number of rotatable bonds is 2. The maximum absolute atomic E-state index is 13.2. The lowest BCUT2D eigenvalue weighted by Gasteiger charge is -2.33. The van der Waals surface area contributed by atoms with Crippen molar-refractivity contribution in [2.45, 2.75) is 19.3 Å². The Hall–Kier alpha value is -1.69. The summed E-state index contributed by atoms with van der Waals surface area (Å²) in [4.78, 5) is 1.85. The molecular formula is C13H19FN4O. The second kappa shape index (κ2) is 5.97. The average Bonchev–Trinajstić information content (AvgIpc) is 2.42. The van der Waals surface area contributed by atoms with Crippen molar-refractivity contribution >= 4 is 5.96 Å². The third kappa shape index (κ3) is 3.20. The quantitative estimate of drug-likeness (QED) is 0.551. The van der Waals surface area contributed by atoms with Crippen LogP contribution in [0, 0.1) is 22.6 Å². The van der Waals surface area contributed by atoms with Crippen LogP contribution in [0.4, 0.5) is 4.39 Å². The maximum atomic E-state index is 13.2. The van der Waals surface area contributed by atoms with Crippen LogP contribution in [0.3, 0.4) is 0 Å². The fourth-order valence-electron chi connectivity index (χ4n) is 2.42. The van der Waals surface area contributed by atoms with E-state index in [1.54, 1.807) is 0 Å². The molecule has 0 aliphatic carbocycles. The van der Waals surface area contributed by atoms with Crippen molar-refractivity contribution in [3.05, 3.63) is 29.6 Å². The van der Waals surface area contributed by atoms with Crippen LogP contribution in [0.25, 0.3) is 0 Å². The molecule has 6 heteroatoms. The van der Waals surface area contributed by atoms with Gasteiger partial charge in [0.25, 0.3) is 0 Å². The first kappa shape index (κ1) is 13.7. The van der Waals surface area contributed by atoms with Gasteiger partial charge in [-0.15, -0.1) is 0 Å². The van der Waals surface area contributed by atoms with Gasteiger partial charge < -0.3 is 10.0 Å². The molecule has 5 nitrogen and oxygen atoms in total. The summed E-state index contributed by atoms with van der Waals surface area (Å²) in [6, 6.07) is 2.57. The first-order valence-corrected chi connectivity index (χ1v) is 6.49.